The number of amides is 1. The van der Waals surface area contributed by atoms with E-state index in [1.165, 1.54) is 28.9 Å². The maximum Gasteiger partial charge on any atom is 0.273 e. The molecule has 0 aliphatic heterocycles. The molecule has 4 nitrogen and oxygen atoms in total. The third-order valence-electron chi connectivity index (χ3n) is 3.35. The molecule has 0 bridgehead atoms. The molecule has 1 N–H and O–H groups in total. The van der Waals surface area contributed by atoms with Crippen LogP contribution in [0.4, 0.5) is 10.1 Å². The molecule has 0 fully saturated rings. The van der Waals surface area contributed by atoms with Crippen molar-refractivity contribution in [1.29, 1.82) is 0 Å². The number of carbonyl (C=O) groups is 1. The van der Waals surface area contributed by atoms with Crippen molar-refractivity contribution < 1.29 is 9.18 Å². The summed E-state index contributed by atoms with van der Waals surface area (Å²) in [6.45, 7) is 0. The van der Waals surface area contributed by atoms with E-state index in [2.05, 4.69) is 26.3 Å². The molecule has 116 valence electrons. The Bertz CT molecular complexity index is 841. The van der Waals surface area contributed by atoms with Crippen LogP contribution in [0.15, 0.2) is 59.1 Å². The minimum atomic E-state index is -0.346. The highest BCUT2D eigenvalue weighted by atomic mass is 79.9. The van der Waals surface area contributed by atoms with Crippen LogP contribution >= 0.6 is 15.9 Å². The first-order valence-corrected chi connectivity index (χ1v) is 7.69. The molecule has 0 aliphatic carbocycles. The lowest BCUT2D eigenvalue weighted by molar-refractivity contribution is 0.101. The van der Waals surface area contributed by atoms with Crippen molar-refractivity contribution in [3.05, 3.63) is 70.6 Å². The largest absolute Gasteiger partial charge is 0.321 e. The van der Waals surface area contributed by atoms with Gasteiger partial charge in [-0.25, -0.2) is 4.39 Å². The van der Waals surface area contributed by atoms with Crippen LogP contribution < -0.4 is 5.32 Å². The number of rotatable bonds is 3. The number of hydrogen-bond donors (Lipinski definition) is 1. The van der Waals surface area contributed by atoms with Gasteiger partial charge < -0.3 is 5.32 Å². The zero-order chi connectivity index (χ0) is 16.4. The Hall–Kier alpha value is -2.47. The van der Waals surface area contributed by atoms with E-state index in [4.69, 9.17) is 0 Å². The fraction of sp³-hybridized carbons (Fsp3) is 0.0588. The molecule has 0 unspecified atom stereocenters. The van der Waals surface area contributed by atoms with E-state index >= 15 is 0 Å². The molecule has 0 spiro atoms. The van der Waals surface area contributed by atoms with Gasteiger partial charge in [0.05, 0.1) is 5.69 Å². The van der Waals surface area contributed by atoms with Crippen LogP contribution in [0.3, 0.4) is 0 Å². The fourth-order valence-electron chi connectivity index (χ4n) is 2.17. The van der Waals surface area contributed by atoms with Gasteiger partial charge in [0.25, 0.3) is 5.91 Å². The maximum absolute atomic E-state index is 12.9. The average Bonchev–Trinajstić information content (AvgIpc) is 2.92. The second-order valence-corrected chi connectivity index (χ2v) is 5.92. The van der Waals surface area contributed by atoms with Crippen molar-refractivity contribution in [2.24, 2.45) is 7.05 Å². The van der Waals surface area contributed by atoms with Gasteiger partial charge in [0.15, 0.2) is 0 Å². The number of aromatic nitrogens is 2. The van der Waals surface area contributed by atoms with Crippen LogP contribution in [0.25, 0.3) is 11.3 Å². The predicted octanol–water partition coefficient (Wildman–Crippen LogP) is 4.24. The lowest BCUT2D eigenvalue weighted by Crippen LogP contribution is -2.15. The Labute approximate surface area is 141 Å². The molecule has 3 aromatic rings. The Morgan fingerprint density at radius 2 is 1.78 bits per heavy atom. The highest BCUT2D eigenvalue weighted by Crippen LogP contribution is 2.22. The highest BCUT2D eigenvalue weighted by molar-refractivity contribution is 9.10. The van der Waals surface area contributed by atoms with E-state index in [-0.39, 0.29) is 11.7 Å². The lowest BCUT2D eigenvalue weighted by atomic mass is 10.1. The summed E-state index contributed by atoms with van der Waals surface area (Å²) in [5.41, 5.74) is 2.59. The van der Waals surface area contributed by atoms with E-state index in [0.29, 0.717) is 17.1 Å². The summed E-state index contributed by atoms with van der Waals surface area (Å²) < 4.78 is 15.4. The third-order valence-corrected chi connectivity index (χ3v) is 3.88. The second kappa shape index (κ2) is 6.34. The first-order chi connectivity index (χ1) is 11.0. The van der Waals surface area contributed by atoms with E-state index in [1.807, 2.05) is 24.3 Å². The lowest BCUT2D eigenvalue weighted by Gasteiger charge is -2.04. The third kappa shape index (κ3) is 3.48. The van der Waals surface area contributed by atoms with Crippen molar-refractivity contribution in [3.8, 4) is 11.3 Å². The van der Waals surface area contributed by atoms with E-state index in [9.17, 15) is 9.18 Å². The van der Waals surface area contributed by atoms with E-state index in [0.717, 1.165) is 10.0 Å². The molecule has 0 saturated carbocycles. The zero-order valence-corrected chi connectivity index (χ0v) is 13.8. The number of hydrogen-bond acceptors (Lipinski definition) is 2. The van der Waals surface area contributed by atoms with E-state index < -0.39 is 0 Å². The fourth-order valence-corrected chi connectivity index (χ4v) is 2.43. The van der Waals surface area contributed by atoms with Gasteiger partial charge in [-0.15, -0.1) is 0 Å². The molecule has 1 heterocycles. The standard InChI is InChI=1S/C17H13BrFN3O/c1-22-16(17(23)20-14-8-6-13(19)7-9-14)10-15(21-22)11-2-4-12(18)5-3-11/h2-10H,1H3,(H,20,23). The zero-order valence-electron chi connectivity index (χ0n) is 12.3. The molecule has 1 aromatic heterocycles. The highest BCUT2D eigenvalue weighted by Gasteiger charge is 2.14. The van der Waals surface area contributed by atoms with Crippen LogP contribution in [0.5, 0.6) is 0 Å². The predicted molar refractivity (Wildman–Crippen MR) is 90.7 cm³/mol. The van der Waals surface area contributed by atoms with Crippen molar-refractivity contribution in [3.63, 3.8) is 0 Å². The minimum absolute atomic E-state index is 0.296. The molecule has 0 saturated heterocycles. The molecule has 0 aliphatic rings. The Balaban J connectivity index is 1.84. The smallest absolute Gasteiger partial charge is 0.273 e. The molecule has 2 aromatic carbocycles. The first-order valence-electron chi connectivity index (χ1n) is 6.90. The molecule has 3 rings (SSSR count). The summed E-state index contributed by atoms with van der Waals surface area (Å²) in [5, 5.41) is 7.09. The Kier molecular flexibility index (Phi) is 4.25. The van der Waals surface area contributed by atoms with Crippen LogP contribution in [-0.4, -0.2) is 15.7 Å². The topological polar surface area (TPSA) is 46.9 Å². The monoisotopic (exact) mass is 373 g/mol. The van der Waals surface area contributed by atoms with Gasteiger partial charge in [-0.05, 0) is 42.5 Å². The molecule has 1 amide bonds. The van der Waals surface area contributed by atoms with Crippen LogP contribution in [0, 0.1) is 5.82 Å². The molecular formula is C17H13BrFN3O. The van der Waals surface area contributed by atoms with Gasteiger partial charge in [-0.2, -0.15) is 5.10 Å². The first kappa shape index (κ1) is 15.4. The van der Waals surface area contributed by atoms with Gasteiger partial charge in [0.2, 0.25) is 0 Å². The van der Waals surface area contributed by atoms with Crippen molar-refractivity contribution in [2.75, 3.05) is 5.32 Å². The number of nitrogens with zero attached hydrogens (tertiary/aromatic N) is 2. The van der Waals surface area contributed by atoms with Gasteiger partial charge in [0.1, 0.15) is 11.5 Å². The van der Waals surface area contributed by atoms with Crippen molar-refractivity contribution in [1.82, 2.24) is 9.78 Å². The van der Waals surface area contributed by atoms with Crippen LogP contribution in [-0.2, 0) is 7.05 Å². The number of aryl methyl sites for hydroxylation is 1. The molecular weight excluding hydrogens is 361 g/mol. The summed E-state index contributed by atoms with van der Waals surface area (Å²) in [4.78, 5) is 12.3. The van der Waals surface area contributed by atoms with Gasteiger partial charge in [-0.1, -0.05) is 28.1 Å². The number of anilines is 1. The molecule has 0 atom stereocenters. The average molecular weight is 374 g/mol. The van der Waals surface area contributed by atoms with Crippen molar-refractivity contribution >= 4 is 27.5 Å². The van der Waals surface area contributed by atoms with Gasteiger partial charge in [0, 0.05) is 22.8 Å². The second-order valence-electron chi connectivity index (χ2n) is 5.01. The molecule has 6 heteroatoms. The molecule has 0 radical (unpaired) electrons. The number of carbonyl (C=O) groups excluding carboxylic acids is 1. The normalized spacial score (nSPS) is 10.6. The summed E-state index contributed by atoms with van der Waals surface area (Å²) in [6, 6.07) is 15.0. The summed E-state index contributed by atoms with van der Waals surface area (Å²) in [6.07, 6.45) is 0. The summed E-state index contributed by atoms with van der Waals surface area (Å²) >= 11 is 3.39. The summed E-state index contributed by atoms with van der Waals surface area (Å²) in [5.74, 6) is -0.643. The SMILES string of the molecule is Cn1nc(-c2ccc(Br)cc2)cc1C(=O)Nc1ccc(F)cc1. The molecule has 23 heavy (non-hydrogen) atoms. The van der Waals surface area contributed by atoms with Gasteiger partial charge in [-0.3, -0.25) is 9.48 Å². The Morgan fingerprint density at radius 1 is 1.13 bits per heavy atom. The van der Waals surface area contributed by atoms with Crippen LogP contribution in [0.1, 0.15) is 10.5 Å². The quantitative estimate of drug-likeness (QED) is 0.746. The number of benzene rings is 2. The van der Waals surface area contributed by atoms with Crippen molar-refractivity contribution in [2.45, 2.75) is 0 Å². The minimum Gasteiger partial charge on any atom is -0.321 e. The summed E-state index contributed by atoms with van der Waals surface area (Å²) in [7, 11) is 1.71. The van der Waals surface area contributed by atoms with Crippen LogP contribution in [0.2, 0.25) is 0 Å². The maximum atomic E-state index is 12.9. The Morgan fingerprint density at radius 3 is 2.43 bits per heavy atom. The number of halogens is 2. The van der Waals surface area contributed by atoms with E-state index in [1.54, 1.807) is 13.1 Å². The van der Waals surface area contributed by atoms with Gasteiger partial charge >= 0.3 is 0 Å². The number of nitrogens with one attached hydrogen (secondary N) is 1.